The lowest BCUT2D eigenvalue weighted by Gasteiger charge is -2.38. The van der Waals surface area contributed by atoms with E-state index in [1.54, 1.807) is 6.07 Å². The summed E-state index contributed by atoms with van der Waals surface area (Å²) in [4.78, 5) is 0. The molecule has 21 heavy (non-hydrogen) atoms. The highest BCUT2D eigenvalue weighted by molar-refractivity contribution is 5.53. The molecule has 3 unspecified atom stereocenters. The van der Waals surface area contributed by atoms with Crippen LogP contribution in [0.5, 0.6) is 17.2 Å². The molecule has 0 amide bonds. The summed E-state index contributed by atoms with van der Waals surface area (Å²) < 4.78 is 0. The SMILES string of the molecule is CC1CCC(C(C)C)C(NCc2ccc(O)c(O)c2O)C1. The number of aromatic hydroxyl groups is 3. The summed E-state index contributed by atoms with van der Waals surface area (Å²) in [6.45, 7) is 7.31. The van der Waals surface area contributed by atoms with Crippen molar-refractivity contribution in [1.29, 1.82) is 0 Å². The van der Waals surface area contributed by atoms with Crippen LogP contribution in [-0.2, 0) is 6.54 Å². The highest BCUT2D eigenvalue weighted by atomic mass is 16.3. The fraction of sp³-hybridized carbons (Fsp3) is 0.647. The third-order valence-electron chi connectivity index (χ3n) is 4.79. The molecule has 0 saturated heterocycles. The van der Waals surface area contributed by atoms with Crippen LogP contribution in [-0.4, -0.2) is 21.4 Å². The second-order valence-electron chi connectivity index (χ2n) is 6.75. The molecule has 118 valence electrons. The molecule has 1 aromatic carbocycles. The van der Waals surface area contributed by atoms with E-state index in [-0.39, 0.29) is 11.5 Å². The highest BCUT2D eigenvalue weighted by Gasteiger charge is 2.30. The maximum absolute atomic E-state index is 9.88. The molecule has 3 atom stereocenters. The van der Waals surface area contributed by atoms with Crippen LogP contribution in [0.25, 0.3) is 0 Å². The lowest BCUT2D eigenvalue weighted by molar-refractivity contribution is 0.169. The normalized spacial score (nSPS) is 26.2. The number of phenolic OH excluding ortho intramolecular Hbond substituents is 3. The molecule has 1 aromatic rings. The van der Waals surface area contributed by atoms with E-state index in [1.165, 1.54) is 18.9 Å². The van der Waals surface area contributed by atoms with Crippen LogP contribution in [0.1, 0.15) is 45.6 Å². The monoisotopic (exact) mass is 293 g/mol. The lowest BCUT2D eigenvalue weighted by atomic mass is 9.74. The minimum Gasteiger partial charge on any atom is -0.504 e. The van der Waals surface area contributed by atoms with Gasteiger partial charge in [-0.05, 0) is 36.7 Å². The maximum Gasteiger partial charge on any atom is 0.200 e. The summed E-state index contributed by atoms with van der Waals surface area (Å²) in [5.74, 6) is 1.05. The zero-order valence-electron chi connectivity index (χ0n) is 13.1. The summed E-state index contributed by atoms with van der Waals surface area (Å²) in [7, 11) is 0. The number of benzene rings is 1. The molecule has 0 spiro atoms. The van der Waals surface area contributed by atoms with Gasteiger partial charge in [-0.2, -0.15) is 0 Å². The Bertz CT molecular complexity index is 487. The van der Waals surface area contributed by atoms with E-state index >= 15 is 0 Å². The van der Waals surface area contributed by atoms with Crippen LogP contribution in [0.4, 0.5) is 0 Å². The van der Waals surface area contributed by atoms with Gasteiger partial charge < -0.3 is 20.6 Å². The Hall–Kier alpha value is -1.42. The number of hydrogen-bond acceptors (Lipinski definition) is 4. The summed E-state index contributed by atoms with van der Waals surface area (Å²) >= 11 is 0. The molecular weight excluding hydrogens is 266 g/mol. The zero-order chi connectivity index (χ0) is 15.6. The van der Waals surface area contributed by atoms with Crippen molar-refractivity contribution in [3.8, 4) is 17.2 Å². The van der Waals surface area contributed by atoms with Gasteiger partial charge in [0.2, 0.25) is 5.75 Å². The van der Waals surface area contributed by atoms with Gasteiger partial charge in [0.15, 0.2) is 11.5 Å². The third-order valence-corrected chi connectivity index (χ3v) is 4.79. The van der Waals surface area contributed by atoms with Crippen LogP contribution in [0.3, 0.4) is 0 Å². The molecule has 4 N–H and O–H groups in total. The van der Waals surface area contributed by atoms with E-state index in [0.29, 0.717) is 30.0 Å². The molecular formula is C17H27NO3. The first-order valence-corrected chi connectivity index (χ1v) is 7.86. The summed E-state index contributed by atoms with van der Waals surface area (Å²) in [5.41, 5.74) is 0.617. The molecule has 1 aliphatic rings. The van der Waals surface area contributed by atoms with Gasteiger partial charge >= 0.3 is 0 Å². The van der Waals surface area contributed by atoms with Crippen molar-refractivity contribution < 1.29 is 15.3 Å². The van der Waals surface area contributed by atoms with Crippen molar-refractivity contribution in [2.75, 3.05) is 0 Å². The Morgan fingerprint density at radius 2 is 1.86 bits per heavy atom. The van der Waals surface area contributed by atoms with Gasteiger partial charge in [0.1, 0.15) is 0 Å². The lowest BCUT2D eigenvalue weighted by Crippen LogP contribution is -2.42. The minimum absolute atomic E-state index is 0.229. The van der Waals surface area contributed by atoms with Crippen molar-refractivity contribution in [3.05, 3.63) is 17.7 Å². The molecule has 4 nitrogen and oxygen atoms in total. The van der Waals surface area contributed by atoms with Crippen LogP contribution in [0.2, 0.25) is 0 Å². The molecule has 1 saturated carbocycles. The predicted molar refractivity (Wildman–Crippen MR) is 83.4 cm³/mol. The molecule has 0 radical (unpaired) electrons. The Kier molecular flexibility index (Phi) is 4.99. The maximum atomic E-state index is 9.88. The van der Waals surface area contributed by atoms with Crippen LogP contribution in [0.15, 0.2) is 12.1 Å². The molecule has 2 rings (SSSR count). The Labute approximate surface area is 126 Å². The third kappa shape index (κ3) is 3.62. The van der Waals surface area contributed by atoms with Gasteiger partial charge in [0, 0.05) is 18.2 Å². The van der Waals surface area contributed by atoms with E-state index < -0.39 is 5.75 Å². The Morgan fingerprint density at radius 1 is 1.14 bits per heavy atom. The van der Waals surface area contributed by atoms with Gasteiger partial charge in [0.25, 0.3) is 0 Å². The molecule has 4 heteroatoms. The Balaban J connectivity index is 2.05. The van der Waals surface area contributed by atoms with Crippen molar-refractivity contribution in [2.45, 2.75) is 52.6 Å². The van der Waals surface area contributed by atoms with Gasteiger partial charge in [-0.3, -0.25) is 0 Å². The fourth-order valence-corrected chi connectivity index (χ4v) is 3.43. The second kappa shape index (κ2) is 6.56. The smallest absolute Gasteiger partial charge is 0.200 e. The van der Waals surface area contributed by atoms with E-state index in [0.717, 1.165) is 12.3 Å². The topological polar surface area (TPSA) is 72.7 Å². The summed E-state index contributed by atoms with van der Waals surface area (Å²) in [5, 5.41) is 32.4. The summed E-state index contributed by atoms with van der Waals surface area (Å²) in [6, 6.07) is 3.49. The molecule has 0 heterocycles. The van der Waals surface area contributed by atoms with E-state index in [4.69, 9.17) is 0 Å². The van der Waals surface area contributed by atoms with Crippen LogP contribution < -0.4 is 5.32 Å². The highest BCUT2D eigenvalue weighted by Crippen LogP contribution is 2.38. The molecule has 1 aliphatic carbocycles. The van der Waals surface area contributed by atoms with Crippen LogP contribution in [0, 0.1) is 17.8 Å². The molecule has 0 aliphatic heterocycles. The average Bonchev–Trinajstić information content (AvgIpc) is 2.44. The van der Waals surface area contributed by atoms with Gasteiger partial charge in [-0.25, -0.2) is 0 Å². The van der Waals surface area contributed by atoms with E-state index in [2.05, 4.69) is 26.1 Å². The quantitative estimate of drug-likeness (QED) is 0.642. The van der Waals surface area contributed by atoms with E-state index in [9.17, 15) is 15.3 Å². The first-order valence-electron chi connectivity index (χ1n) is 7.86. The van der Waals surface area contributed by atoms with E-state index in [1.807, 2.05) is 0 Å². The van der Waals surface area contributed by atoms with Crippen molar-refractivity contribution >= 4 is 0 Å². The van der Waals surface area contributed by atoms with Gasteiger partial charge in [-0.1, -0.05) is 33.3 Å². The van der Waals surface area contributed by atoms with Gasteiger partial charge in [-0.15, -0.1) is 0 Å². The number of nitrogens with one attached hydrogen (secondary N) is 1. The first kappa shape index (κ1) is 16.0. The van der Waals surface area contributed by atoms with Crippen molar-refractivity contribution in [1.82, 2.24) is 5.32 Å². The minimum atomic E-state index is -0.438. The number of phenols is 3. The predicted octanol–water partition coefficient (Wildman–Crippen LogP) is 3.35. The number of rotatable bonds is 4. The van der Waals surface area contributed by atoms with Crippen molar-refractivity contribution in [2.24, 2.45) is 17.8 Å². The first-order chi connectivity index (χ1) is 9.90. The zero-order valence-corrected chi connectivity index (χ0v) is 13.1. The fourth-order valence-electron chi connectivity index (χ4n) is 3.43. The van der Waals surface area contributed by atoms with Crippen molar-refractivity contribution in [3.63, 3.8) is 0 Å². The molecule has 1 fully saturated rings. The average molecular weight is 293 g/mol. The Morgan fingerprint density at radius 3 is 2.52 bits per heavy atom. The van der Waals surface area contributed by atoms with Crippen LogP contribution >= 0.6 is 0 Å². The summed E-state index contributed by atoms with van der Waals surface area (Å²) in [6.07, 6.45) is 3.67. The standard InChI is InChI=1S/C17H27NO3/c1-10(2)13-6-4-11(3)8-14(13)18-9-12-5-7-15(19)17(21)16(12)20/h5,7,10-11,13-14,18-21H,4,6,8-9H2,1-3H3. The second-order valence-corrected chi connectivity index (χ2v) is 6.75. The molecule has 0 bridgehead atoms. The molecule has 0 aromatic heterocycles. The largest absolute Gasteiger partial charge is 0.504 e. The number of hydrogen-bond donors (Lipinski definition) is 4. The van der Waals surface area contributed by atoms with Gasteiger partial charge in [0.05, 0.1) is 0 Å².